The van der Waals surface area contributed by atoms with Gasteiger partial charge in [0.25, 0.3) is 5.91 Å². The average Bonchev–Trinajstić information content (AvgIpc) is 3.09. The molecule has 2 heterocycles. The van der Waals surface area contributed by atoms with Gasteiger partial charge >= 0.3 is 0 Å². The van der Waals surface area contributed by atoms with Gasteiger partial charge in [0.05, 0.1) is 29.1 Å². The third kappa shape index (κ3) is 3.19. The van der Waals surface area contributed by atoms with Crippen molar-refractivity contribution in [3.05, 3.63) is 64.2 Å². The number of nitrogens with zero attached hydrogens (tertiary/aromatic N) is 4. The Labute approximate surface area is 145 Å². The lowest BCUT2D eigenvalue weighted by atomic mass is 10.1. The van der Waals surface area contributed by atoms with E-state index in [0.29, 0.717) is 17.3 Å². The molecule has 124 valence electrons. The highest BCUT2D eigenvalue weighted by atomic mass is 35.5. The maximum absolute atomic E-state index is 12.3. The van der Waals surface area contributed by atoms with Crippen molar-refractivity contribution in [1.82, 2.24) is 19.6 Å². The maximum Gasteiger partial charge on any atom is 0.277 e. The Morgan fingerprint density at radius 3 is 2.71 bits per heavy atom. The highest BCUT2D eigenvalue weighted by Crippen LogP contribution is 2.20. The molecule has 1 amide bonds. The van der Waals surface area contributed by atoms with Crippen molar-refractivity contribution in [3.63, 3.8) is 0 Å². The van der Waals surface area contributed by atoms with Crippen molar-refractivity contribution >= 4 is 23.2 Å². The highest BCUT2D eigenvalue weighted by Gasteiger charge is 2.18. The lowest BCUT2D eigenvalue weighted by Crippen LogP contribution is -2.13. The van der Waals surface area contributed by atoms with Crippen molar-refractivity contribution in [2.45, 2.75) is 20.4 Å². The van der Waals surface area contributed by atoms with Crippen LogP contribution >= 0.6 is 11.6 Å². The van der Waals surface area contributed by atoms with E-state index in [1.54, 1.807) is 28.8 Å². The van der Waals surface area contributed by atoms with E-state index in [4.69, 9.17) is 11.6 Å². The minimum Gasteiger partial charge on any atom is -0.318 e. The molecule has 0 aliphatic rings. The monoisotopic (exact) mass is 343 g/mol. The van der Waals surface area contributed by atoms with E-state index in [2.05, 4.69) is 34.6 Å². The third-order valence-corrected chi connectivity index (χ3v) is 4.41. The van der Waals surface area contributed by atoms with E-state index < -0.39 is 0 Å². The molecule has 0 unspecified atom stereocenters. The molecule has 1 aromatic carbocycles. The number of amides is 1. The third-order valence-electron chi connectivity index (χ3n) is 3.96. The van der Waals surface area contributed by atoms with E-state index in [1.165, 1.54) is 11.1 Å². The average molecular weight is 344 g/mol. The van der Waals surface area contributed by atoms with Crippen LogP contribution in [0.2, 0.25) is 5.02 Å². The molecule has 24 heavy (non-hydrogen) atoms. The van der Waals surface area contributed by atoms with Crippen molar-refractivity contribution in [1.29, 1.82) is 0 Å². The van der Waals surface area contributed by atoms with Gasteiger partial charge in [-0.1, -0.05) is 35.9 Å². The number of hydrogen-bond acceptors (Lipinski definition) is 3. The molecule has 1 N–H and O–H groups in total. The molecule has 0 aliphatic carbocycles. The second-order valence-corrected chi connectivity index (χ2v) is 6.06. The van der Waals surface area contributed by atoms with Gasteiger partial charge in [0.15, 0.2) is 5.69 Å². The summed E-state index contributed by atoms with van der Waals surface area (Å²) >= 11 is 6.14. The van der Waals surface area contributed by atoms with Gasteiger partial charge in [0.1, 0.15) is 0 Å². The van der Waals surface area contributed by atoms with Crippen LogP contribution in [0.5, 0.6) is 0 Å². The van der Waals surface area contributed by atoms with Crippen molar-refractivity contribution in [2.24, 2.45) is 7.05 Å². The zero-order valence-corrected chi connectivity index (χ0v) is 14.5. The first-order valence-electron chi connectivity index (χ1n) is 7.53. The Morgan fingerprint density at radius 2 is 2.04 bits per heavy atom. The molecule has 0 radical (unpaired) electrons. The number of halogens is 1. The molecule has 0 aliphatic heterocycles. The van der Waals surface area contributed by atoms with Crippen LogP contribution in [0.3, 0.4) is 0 Å². The molecule has 3 rings (SSSR count). The van der Waals surface area contributed by atoms with Gasteiger partial charge in [-0.15, -0.1) is 0 Å². The fraction of sp³-hybridized carbons (Fsp3) is 0.235. The summed E-state index contributed by atoms with van der Waals surface area (Å²) in [4.78, 5) is 12.3. The summed E-state index contributed by atoms with van der Waals surface area (Å²) in [5.41, 5.74) is 3.95. The number of carbonyl (C=O) groups is 1. The SMILES string of the molecule is Cc1ccccc1Cn1cc(NC(=O)c2nn(C)c(C)c2Cl)cn1. The molecule has 0 atom stereocenters. The van der Waals surface area contributed by atoms with Gasteiger partial charge in [-0.05, 0) is 25.0 Å². The van der Waals surface area contributed by atoms with E-state index >= 15 is 0 Å². The molecule has 0 saturated heterocycles. The zero-order chi connectivity index (χ0) is 17.3. The molecule has 0 fully saturated rings. The fourth-order valence-electron chi connectivity index (χ4n) is 2.39. The second-order valence-electron chi connectivity index (χ2n) is 5.68. The fourth-order valence-corrected chi connectivity index (χ4v) is 2.64. The lowest BCUT2D eigenvalue weighted by Gasteiger charge is -2.05. The van der Waals surface area contributed by atoms with Crippen LogP contribution in [0, 0.1) is 13.8 Å². The Kier molecular flexibility index (Phi) is 4.40. The molecule has 0 bridgehead atoms. The van der Waals surface area contributed by atoms with E-state index in [-0.39, 0.29) is 11.6 Å². The Balaban J connectivity index is 1.73. The standard InChI is InChI=1S/C17H18ClN5O/c1-11-6-4-5-7-13(11)9-23-10-14(8-19-23)20-17(24)16-15(18)12(2)22(3)21-16/h4-8,10H,9H2,1-3H3,(H,20,24). The summed E-state index contributed by atoms with van der Waals surface area (Å²) in [5.74, 6) is -0.348. The summed E-state index contributed by atoms with van der Waals surface area (Å²) in [6.45, 7) is 4.52. The zero-order valence-electron chi connectivity index (χ0n) is 13.7. The molecule has 6 nitrogen and oxygen atoms in total. The van der Waals surface area contributed by atoms with E-state index in [9.17, 15) is 4.79 Å². The second kappa shape index (κ2) is 6.49. The molecule has 7 heteroatoms. The largest absolute Gasteiger partial charge is 0.318 e. The predicted octanol–water partition coefficient (Wildman–Crippen LogP) is 3.19. The number of nitrogens with one attached hydrogen (secondary N) is 1. The Hall–Kier alpha value is -2.60. The maximum atomic E-state index is 12.3. The van der Waals surface area contributed by atoms with Crippen LogP contribution in [-0.2, 0) is 13.6 Å². The van der Waals surface area contributed by atoms with Crippen LogP contribution in [-0.4, -0.2) is 25.5 Å². The quantitative estimate of drug-likeness (QED) is 0.791. The van der Waals surface area contributed by atoms with Crippen LogP contribution < -0.4 is 5.32 Å². The van der Waals surface area contributed by atoms with Gasteiger partial charge in [-0.3, -0.25) is 14.2 Å². The summed E-state index contributed by atoms with van der Waals surface area (Å²) in [7, 11) is 1.75. The van der Waals surface area contributed by atoms with Crippen LogP contribution in [0.25, 0.3) is 0 Å². The number of rotatable bonds is 4. The van der Waals surface area contributed by atoms with Crippen molar-refractivity contribution in [3.8, 4) is 0 Å². The van der Waals surface area contributed by atoms with Gasteiger partial charge < -0.3 is 5.32 Å². The summed E-state index contributed by atoms with van der Waals surface area (Å²) in [5, 5.41) is 11.6. The van der Waals surface area contributed by atoms with E-state index in [1.807, 2.05) is 19.1 Å². The summed E-state index contributed by atoms with van der Waals surface area (Å²) in [6, 6.07) is 8.13. The van der Waals surface area contributed by atoms with Gasteiger partial charge in [0.2, 0.25) is 0 Å². The number of aromatic nitrogens is 4. The van der Waals surface area contributed by atoms with Gasteiger partial charge in [-0.2, -0.15) is 10.2 Å². The molecular formula is C17H18ClN5O. The van der Waals surface area contributed by atoms with Gasteiger partial charge in [-0.25, -0.2) is 0 Å². The molecule has 2 aromatic heterocycles. The first-order valence-corrected chi connectivity index (χ1v) is 7.91. The minimum atomic E-state index is -0.348. The van der Waals surface area contributed by atoms with Crippen molar-refractivity contribution in [2.75, 3.05) is 5.32 Å². The number of aryl methyl sites for hydroxylation is 2. The van der Waals surface area contributed by atoms with Crippen LogP contribution in [0.15, 0.2) is 36.7 Å². The van der Waals surface area contributed by atoms with Gasteiger partial charge in [0, 0.05) is 13.2 Å². The topological polar surface area (TPSA) is 64.7 Å². The normalized spacial score (nSPS) is 10.8. The number of benzene rings is 1. The number of carbonyl (C=O) groups excluding carboxylic acids is 1. The number of anilines is 1. The minimum absolute atomic E-state index is 0.211. The summed E-state index contributed by atoms with van der Waals surface area (Å²) < 4.78 is 3.36. The predicted molar refractivity (Wildman–Crippen MR) is 93.4 cm³/mol. The molecule has 0 spiro atoms. The van der Waals surface area contributed by atoms with Crippen molar-refractivity contribution < 1.29 is 4.79 Å². The molecular weight excluding hydrogens is 326 g/mol. The Morgan fingerprint density at radius 1 is 1.29 bits per heavy atom. The smallest absolute Gasteiger partial charge is 0.277 e. The number of hydrogen-bond donors (Lipinski definition) is 1. The van der Waals surface area contributed by atoms with Crippen LogP contribution in [0.4, 0.5) is 5.69 Å². The van der Waals surface area contributed by atoms with E-state index in [0.717, 1.165) is 5.69 Å². The first-order chi connectivity index (χ1) is 11.5. The lowest BCUT2D eigenvalue weighted by molar-refractivity contribution is 0.102. The molecule has 0 saturated carbocycles. The first kappa shape index (κ1) is 16.3. The Bertz CT molecular complexity index is 896. The molecule has 3 aromatic rings. The van der Waals surface area contributed by atoms with Crippen LogP contribution in [0.1, 0.15) is 27.3 Å². The summed E-state index contributed by atoms with van der Waals surface area (Å²) in [6.07, 6.45) is 3.40. The highest BCUT2D eigenvalue weighted by molar-refractivity contribution is 6.34.